The smallest absolute Gasteiger partial charge is 0.197 e. The molecule has 0 spiro atoms. The van der Waals surface area contributed by atoms with Crippen molar-refractivity contribution in [1.29, 1.82) is 0 Å². The molecule has 0 heterocycles. The Hall–Kier alpha value is -1.26. The zero-order chi connectivity index (χ0) is 13.3. The monoisotopic (exact) mass is 330 g/mol. The van der Waals surface area contributed by atoms with Crippen LogP contribution < -0.4 is 0 Å². The number of halogens is 4. The van der Waals surface area contributed by atoms with E-state index < -0.39 is 17.4 Å². The van der Waals surface area contributed by atoms with Gasteiger partial charge in [-0.1, -0.05) is 27.5 Å². The lowest BCUT2D eigenvalue weighted by Crippen LogP contribution is -2.05. The number of hydrogen-bond acceptors (Lipinski definition) is 1. The molecule has 0 unspecified atom stereocenters. The first-order chi connectivity index (χ1) is 8.49. The van der Waals surface area contributed by atoms with Crippen molar-refractivity contribution >= 4 is 33.3 Å². The lowest BCUT2D eigenvalue weighted by atomic mass is 10.0. The molecule has 0 amide bonds. The van der Waals surface area contributed by atoms with Gasteiger partial charge in [-0.05, 0) is 36.4 Å². The van der Waals surface area contributed by atoms with E-state index in [1.165, 1.54) is 24.3 Å². The van der Waals surface area contributed by atoms with Crippen LogP contribution in [0.15, 0.2) is 40.9 Å². The van der Waals surface area contributed by atoms with Crippen molar-refractivity contribution in [1.82, 2.24) is 0 Å². The maximum absolute atomic E-state index is 13.6. The molecule has 0 atom stereocenters. The third kappa shape index (κ3) is 2.60. The molecule has 2 rings (SSSR count). The van der Waals surface area contributed by atoms with E-state index in [0.717, 1.165) is 12.1 Å². The van der Waals surface area contributed by atoms with Crippen molar-refractivity contribution in [2.24, 2.45) is 0 Å². The molecule has 0 saturated heterocycles. The summed E-state index contributed by atoms with van der Waals surface area (Å²) < 4.78 is 27.0. The summed E-state index contributed by atoms with van der Waals surface area (Å²) in [5, 5.41) is -0.0422. The van der Waals surface area contributed by atoms with Crippen LogP contribution in [-0.4, -0.2) is 5.78 Å². The minimum Gasteiger partial charge on any atom is -0.288 e. The molecule has 5 heteroatoms. The molecule has 0 aliphatic rings. The molecule has 0 fully saturated rings. The van der Waals surface area contributed by atoms with Crippen LogP contribution in [0.5, 0.6) is 0 Å². The van der Waals surface area contributed by atoms with Gasteiger partial charge in [-0.25, -0.2) is 8.78 Å². The van der Waals surface area contributed by atoms with Gasteiger partial charge in [0.05, 0.1) is 10.6 Å². The number of rotatable bonds is 2. The third-order valence-electron chi connectivity index (χ3n) is 2.35. The van der Waals surface area contributed by atoms with Gasteiger partial charge in [0.15, 0.2) is 5.78 Å². The zero-order valence-electron chi connectivity index (χ0n) is 8.88. The summed E-state index contributed by atoms with van der Waals surface area (Å²) in [4.78, 5) is 12.1. The first kappa shape index (κ1) is 13.2. The number of benzene rings is 2. The molecular formula is C13H6BrClF2O. The van der Waals surface area contributed by atoms with Gasteiger partial charge < -0.3 is 0 Å². The van der Waals surface area contributed by atoms with Gasteiger partial charge in [-0.2, -0.15) is 0 Å². The average Bonchev–Trinajstić information content (AvgIpc) is 2.31. The SMILES string of the molecule is O=C(c1cc(Br)ccc1F)c1ccc(F)cc1Cl. The molecule has 0 radical (unpaired) electrons. The zero-order valence-corrected chi connectivity index (χ0v) is 11.2. The average molecular weight is 332 g/mol. The molecule has 0 N–H and O–H groups in total. The molecule has 0 bridgehead atoms. The van der Waals surface area contributed by atoms with Gasteiger partial charge in [0.2, 0.25) is 0 Å². The minimum absolute atomic E-state index is 0.0422. The largest absolute Gasteiger partial charge is 0.288 e. The second-order valence-corrected chi connectivity index (χ2v) is 4.90. The van der Waals surface area contributed by atoms with Gasteiger partial charge >= 0.3 is 0 Å². The Labute approximate surface area is 116 Å². The number of ketones is 1. The Morgan fingerprint density at radius 2 is 1.78 bits per heavy atom. The van der Waals surface area contributed by atoms with Crippen LogP contribution in [0.25, 0.3) is 0 Å². The van der Waals surface area contributed by atoms with Crippen LogP contribution in [0.3, 0.4) is 0 Å². The minimum atomic E-state index is -0.649. The van der Waals surface area contributed by atoms with Crippen LogP contribution in [0.4, 0.5) is 8.78 Å². The lowest BCUT2D eigenvalue weighted by Gasteiger charge is -2.05. The maximum Gasteiger partial charge on any atom is 0.197 e. The standard InChI is InChI=1S/C13H6BrClF2O/c14-7-1-4-12(17)10(5-7)13(18)9-3-2-8(16)6-11(9)15/h1-6H. The van der Waals surface area contributed by atoms with E-state index >= 15 is 0 Å². The molecule has 18 heavy (non-hydrogen) atoms. The van der Waals surface area contributed by atoms with E-state index in [4.69, 9.17) is 11.6 Å². The molecule has 2 aromatic carbocycles. The van der Waals surface area contributed by atoms with E-state index in [2.05, 4.69) is 15.9 Å². The second-order valence-electron chi connectivity index (χ2n) is 3.58. The predicted molar refractivity (Wildman–Crippen MR) is 68.9 cm³/mol. The summed E-state index contributed by atoms with van der Waals surface area (Å²) in [6, 6.07) is 7.38. The quantitative estimate of drug-likeness (QED) is 0.734. The van der Waals surface area contributed by atoms with Crippen molar-refractivity contribution in [2.45, 2.75) is 0 Å². The highest BCUT2D eigenvalue weighted by Gasteiger charge is 2.17. The van der Waals surface area contributed by atoms with Crippen molar-refractivity contribution in [3.05, 3.63) is 68.7 Å². The van der Waals surface area contributed by atoms with Gasteiger partial charge in [0.25, 0.3) is 0 Å². The highest BCUT2D eigenvalue weighted by atomic mass is 79.9. The van der Waals surface area contributed by atoms with Crippen LogP contribution in [-0.2, 0) is 0 Å². The summed E-state index contributed by atoms with van der Waals surface area (Å²) in [5.41, 5.74) is -0.0482. The molecule has 92 valence electrons. The van der Waals surface area contributed by atoms with Crippen molar-refractivity contribution < 1.29 is 13.6 Å². The molecule has 2 aromatic rings. The Kier molecular flexibility index (Phi) is 3.78. The van der Waals surface area contributed by atoms with Crippen LogP contribution in [0, 0.1) is 11.6 Å². The summed E-state index contributed by atoms with van der Waals surface area (Å²) in [6.45, 7) is 0. The maximum atomic E-state index is 13.6. The molecule has 0 saturated carbocycles. The van der Waals surface area contributed by atoms with Crippen molar-refractivity contribution in [3.63, 3.8) is 0 Å². The van der Waals surface area contributed by atoms with Gasteiger partial charge in [-0.15, -0.1) is 0 Å². The Morgan fingerprint density at radius 1 is 1.06 bits per heavy atom. The molecule has 0 aliphatic carbocycles. The predicted octanol–water partition coefficient (Wildman–Crippen LogP) is 4.61. The summed E-state index contributed by atoms with van der Waals surface area (Å²) in [7, 11) is 0. The highest BCUT2D eigenvalue weighted by Crippen LogP contribution is 2.23. The summed E-state index contributed by atoms with van der Waals surface area (Å²) in [5.74, 6) is -1.78. The number of carbonyl (C=O) groups is 1. The second kappa shape index (κ2) is 5.16. The Bertz CT molecular complexity index is 628. The lowest BCUT2D eigenvalue weighted by molar-refractivity contribution is 0.103. The summed E-state index contributed by atoms with van der Waals surface area (Å²) in [6.07, 6.45) is 0. The van der Waals surface area contributed by atoms with E-state index in [1.54, 1.807) is 0 Å². The Balaban J connectivity index is 2.51. The van der Waals surface area contributed by atoms with Gasteiger partial charge in [0, 0.05) is 10.0 Å². The van der Waals surface area contributed by atoms with Crippen LogP contribution >= 0.6 is 27.5 Å². The Morgan fingerprint density at radius 3 is 2.44 bits per heavy atom. The fourth-order valence-corrected chi connectivity index (χ4v) is 2.10. The fraction of sp³-hybridized carbons (Fsp3) is 0. The normalized spacial score (nSPS) is 10.4. The molecule has 1 nitrogen and oxygen atoms in total. The van der Waals surface area contributed by atoms with E-state index in [0.29, 0.717) is 4.47 Å². The van der Waals surface area contributed by atoms with Crippen molar-refractivity contribution in [3.8, 4) is 0 Å². The first-order valence-electron chi connectivity index (χ1n) is 4.94. The third-order valence-corrected chi connectivity index (χ3v) is 3.15. The number of carbonyl (C=O) groups excluding carboxylic acids is 1. The first-order valence-corrected chi connectivity index (χ1v) is 6.11. The topological polar surface area (TPSA) is 17.1 Å². The van der Waals surface area contributed by atoms with Crippen LogP contribution in [0.1, 0.15) is 15.9 Å². The van der Waals surface area contributed by atoms with E-state index in [1.807, 2.05) is 0 Å². The van der Waals surface area contributed by atoms with Gasteiger partial charge in [0.1, 0.15) is 11.6 Å². The van der Waals surface area contributed by atoms with Gasteiger partial charge in [-0.3, -0.25) is 4.79 Å². The number of hydrogen-bond donors (Lipinski definition) is 0. The molecular weight excluding hydrogens is 325 g/mol. The van der Waals surface area contributed by atoms with E-state index in [-0.39, 0.29) is 16.1 Å². The van der Waals surface area contributed by atoms with E-state index in [9.17, 15) is 13.6 Å². The molecule has 0 aliphatic heterocycles. The molecule has 0 aromatic heterocycles. The highest BCUT2D eigenvalue weighted by molar-refractivity contribution is 9.10. The van der Waals surface area contributed by atoms with Crippen molar-refractivity contribution in [2.75, 3.05) is 0 Å². The van der Waals surface area contributed by atoms with Crippen LogP contribution in [0.2, 0.25) is 5.02 Å². The summed E-state index contributed by atoms with van der Waals surface area (Å²) >= 11 is 8.93. The fourth-order valence-electron chi connectivity index (χ4n) is 1.49.